The van der Waals surface area contributed by atoms with E-state index in [-0.39, 0.29) is 11.0 Å². The van der Waals surface area contributed by atoms with Gasteiger partial charge in [0.25, 0.3) is 5.91 Å². The van der Waals surface area contributed by atoms with Gasteiger partial charge >= 0.3 is 0 Å². The summed E-state index contributed by atoms with van der Waals surface area (Å²) >= 11 is 6.75. The van der Waals surface area contributed by atoms with Gasteiger partial charge in [-0.15, -0.1) is 11.3 Å². The molecule has 0 spiro atoms. The van der Waals surface area contributed by atoms with Crippen LogP contribution in [-0.2, 0) is 0 Å². The number of hydrogen-bond donors (Lipinski definition) is 2. The first-order valence-corrected chi connectivity index (χ1v) is 11.7. The SMILES string of the molecule is CCN(CC)c1ccc(C(=O)NC(=S)Nc2nc(-c3ccc(C(C)C)cc3)cs2)cc1. The first-order chi connectivity index (χ1) is 14.9. The third-order valence-corrected chi connectivity index (χ3v) is 6.04. The maximum atomic E-state index is 12.5. The molecule has 0 unspecified atom stereocenters. The predicted molar refractivity (Wildman–Crippen MR) is 135 cm³/mol. The second-order valence-corrected chi connectivity index (χ2v) is 8.71. The second-order valence-electron chi connectivity index (χ2n) is 7.44. The molecule has 0 radical (unpaired) electrons. The van der Waals surface area contributed by atoms with E-state index in [4.69, 9.17) is 12.2 Å². The van der Waals surface area contributed by atoms with E-state index in [0.29, 0.717) is 16.6 Å². The Balaban J connectivity index is 1.59. The minimum Gasteiger partial charge on any atom is -0.372 e. The fraction of sp³-hybridized carbons (Fsp3) is 0.292. The molecule has 31 heavy (non-hydrogen) atoms. The molecule has 5 nitrogen and oxygen atoms in total. The lowest BCUT2D eigenvalue weighted by molar-refractivity contribution is 0.0978. The normalized spacial score (nSPS) is 10.7. The zero-order chi connectivity index (χ0) is 22.4. The summed E-state index contributed by atoms with van der Waals surface area (Å²) in [4.78, 5) is 19.3. The lowest BCUT2D eigenvalue weighted by Gasteiger charge is -2.21. The summed E-state index contributed by atoms with van der Waals surface area (Å²) in [5.74, 6) is 0.251. The van der Waals surface area contributed by atoms with Crippen LogP contribution in [0.4, 0.5) is 10.8 Å². The van der Waals surface area contributed by atoms with Gasteiger partial charge < -0.3 is 10.2 Å². The summed E-state index contributed by atoms with van der Waals surface area (Å²) in [7, 11) is 0. The zero-order valence-electron chi connectivity index (χ0n) is 18.3. The number of carbonyl (C=O) groups is 1. The van der Waals surface area contributed by atoms with Crippen molar-refractivity contribution >= 4 is 45.4 Å². The van der Waals surface area contributed by atoms with Crippen molar-refractivity contribution < 1.29 is 4.79 Å². The molecule has 2 aromatic carbocycles. The summed E-state index contributed by atoms with van der Waals surface area (Å²) in [6.45, 7) is 10.4. The number of anilines is 2. The number of amides is 1. The number of nitrogens with zero attached hydrogens (tertiary/aromatic N) is 2. The monoisotopic (exact) mass is 452 g/mol. The maximum absolute atomic E-state index is 12.5. The zero-order valence-corrected chi connectivity index (χ0v) is 19.9. The van der Waals surface area contributed by atoms with Crippen LogP contribution >= 0.6 is 23.6 Å². The van der Waals surface area contributed by atoms with Gasteiger partial charge in [-0.05, 0) is 61.8 Å². The van der Waals surface area contributed by atoms with E-state index in [1.807, 2.05) is 29.6 Å². The van der Waals surface area contributed by atoms with Crippen LogP contribution < -0.4 is 15.5 Å². The highest BCUT2D eigenvalue weighted by Crippen LogP contribution is 2.26. The second kappa shape index (κ2) is 10.5. The van der Waals surface area contributed by atoms with Crippen LogP contribution in [0.15, 0.2) is 53.9 Å². The van der Waals surface area contributed by atoms with Gasteiger partial charge in [-0.1, -0.05) is 38.1 Å². The largest absolute Gasteiger partial charge is 0.372 e. The van der Waals surface area contributed by atoms with Crippen LogP contribution in [-0.4, -0.2) is 29.1 Å². The van der Waals surface area contributed by atoms with E-state index >= 15 is 0 Å². The van der Waals surface area contributed by atoms with Crippen LogP contribution in [0, 0.1) is 0 Å². The number of hydrogen-bond acceptors (Lipinski definition) is 5. The molecule has 1 aromatic heterocycles. The minimum absolute atomic E-state index is 0.230. The smallest absolute Gasteiger partial charge is 0.257 e. The van der Waals surface area contributed by atoms with Crippen molar-refractivity contribution in [2.45, 2.75) is 33.6 Å². The number of benzene rings is 2. The number of nitrogens with one attached hydrogen (secondary N) is 2. The topological polar surface area (TPSA) is 57.3 Å². The van der Waals surface area contributed by atoms with Crippen LogP contribution in [0.1, 0.15) is 49.5 Å². The van der Waals surface area contributed by atoms with Crippen molar-refractivity contribution in [1.82, 2.24) is 10.3 Å². The predicted octanol–water partition coefficient (Wildman–Crippen LogP) is 5.91. The Hall–Kier alpha value is -2.77. The van der Waals surface area contributed by atoms with E-state index in [0.717, 1.165) is 30.0 Å². The highest BCUT2D eigenvalue weighted by atomic mass is 32.1. The van der Waals surface area contributed by atoms with E-state index in [2.05, 4.69) is 72.5 Å². The summed E-state index contributed by atoms with van der Waals surface area (Å²) in [6.07, 6.45) is 0. The number of rotatable bonds is 7. The summed E-state index contributed by atoms with van der Waals surface area (Å²) in [6, 6.07) is 16.0. The fourth-order valence-corrected chi connectivity index (χ4v) is 4.20. The van der Waals surface area contributed by atoms with Crippen LogP contribution in [0.2, 0.25) is 0 Å². The Morgan fingerprint density at radius 3 is 2.29 bits per heavy atom. The van der Waals surface area contributed by atoms with Gasteiger partial charge in [0.05, 0.1) is 5.69 Å². The van der Waals surface area contributed by atoms with Crippen molar-refractivity contribution in [3.8, 4) is 11.3 Å². The summed E-state index contributed by atoms with van der Waals surface area (Å²) in [5, 5.41) is 8.58. The number of carbonyl (C=O) groups excluding carboxylic acids is 1. The van der Waals surface area contributed by atoms with Gasteiger partial charge in [0.1, 0.15) is 0 Å². The van der Waals surface area contributed by atoms with Crippen molar-refractivity contribution in [3.63, 3.8) is 0 Å². The molecule has 0 saturated carbocycles. The van der Waals surface area contributed by atoms with Crippen LogP contribution in [0.25, 0.3) is 11.3 Å². The lowest BCUT2D eigenvalue weighted by Crippen LogP contribution is -2.34. The van der Waals surface area contributed by atoms with Crippen LogP contribution in [0.5, 0.6) is 0 Å². The Bertz CT molecular complexity index is 1020. The van der Waals surface area contributed by atoms with Crippen LogP contribution in [0.3, 0.4) is 0 Å². The summed E-state index contributed by atoms with van der Waals surface area (Å²) < 4.78 is 0. The maximum Gasteiger partial charge on any atom is 0.257 e. The van der Waals surface area contributed by atoms with E-state index in [9.17, 15) is 4.79 Å². The molecule has 0 fully saturated rings. The average Bonchev–Trinajstić information content (AvgIpc) is 3.23. The van der Waals surface area contributed by atoms with Gasteiger partial charge in [0.2, 0.25) is 0 Å². The molecule has 162 valence electrons. The Morgan fingerprint density at radius 2 is 1.71 bits per heavy atom. The molecule has 3 rings (SSSR count). The average molecular weight is 453 g/mol. The van der Waals surface area contributed by atoms with E-state index in [1.54, 1.807) is 0 Å². The number of thiocarbonyl (C=S) groups is 1. The third-order valence-electron chi connectivity index (χ3n) is 5.08. The summed E-state index contributed by atoms with van der Waals surface area (Å²) in [5.41, 5.74) is 4.89. The minimum atomic E-state index is -0.246. The standard InChI is InChI=1S/C24H28N4OS2/c1-5-28(6-2)20-13-11-19(12-14-20)22(29)26-23(30)27-24-25-21(15-31-24)18-9-7-17(8-10-18)16(3)4/h7-16H,5-6H2,1-4H3,(H2,25,26,27,29,30). The lowest BCUT2D eigenvalue weighted by atomic mass is 10.0. The van der Waals surface area contributed by atoms with Crippen molar-refractivity contribution in [2.75, 3.05) is 23.3 Å². The molecule has 2 N–H and O–H groups in total. The number of thiazole rings is 1. The highest BCUT2D eigenvalue weighted by molar-refractivity contribution is 7.80. The molecular weight excluding hydrogens is 424 g/mol. The Kier molecular flexibility index (Phi) is 7.76. The van der Waals surface area contributed by atoms with Crippen molar-refractivity contribution in [1.29, 1.82) is 0 Å². The quantitative estimate of drug-likeness (QED) is 0.437. The molecule has 0 atom stereocenters. The Morgan fingerprint density at radius 1 is 1.06 bits per heavy atom. The first kappa shape index (κ1) is 22.9. The molecule has 0 aliphatic heterocycles. The third kappa shape index (κ3) is 5.89. The molecule has 0 bridgehead atoms. The van der Waals surface area contributed by atoms with Gasteiger partial charge in [-0.3, -0.25) is 10.1 Å². The van der Waals surface area contributed by atoms with Gasteiger partial charge in [0.15, 0.2) is 10.2 Å². The molecular formula is C24H28N4OS2. The number of aromatic nitrogens is 1. The molecule has 7 heteroatoms. The van der Waals surface area contributed by atoms with E-state index < -0.39 is 0 Å². The molecule has 1 heterocycles. The highest BCUT2D eigenvalue weighted by Gasteiger charge is 2.11. The Labute approximate surface area is 193 Å². The van der Waals surface area contributed by atoms with Gasteiger partial charge in [0, 0.05) is 35.3 Å². The van der Waals surface area contributed by atoms with Crippen molar-refractivity contribution in [3.05, 3.63) is 65.0 Å². The fourth-order valence-electron chi connectivity index (χ4n) is 3.22. The molecule has 0 aliphatic rings. The van der Waals surface area contributed by atoms with Gasteiger partial charge in [-0.25, -0.2) is 4.98 Å². The molecule has 0 aliphatic carbocycles. The first-order valence-electron chi connectivity index (χ1n) is 10.4. The molecule has 0 saturated heterocycles. The van der Waals surface area contributed by atoms with Crippen molar-refractivity contribution in [2.24, 2.45) is 0 Å². The molecule has 3 aromatic rings. The molecule has 1 amide bonds. The van der Waals surface area contributed by atoms with E-state index in [1.165, 1.54) is 16.9 Å². The van der Waals surface area contributed by atoms with Gasteiger partial charge in [-0.2, -0.15) is 0 Å².